The minimum absolute atomic E-state index is 0.0734. The molecule has 17 heavy (non-hydrogen) atoms. The number of hydrogen-bond acceptors (Lipinski definition) is 2. The highest BCUT2D eigenvalue weighted by Gasteiger charge is 2.13. The van der Waals surface area contributed by atoms with Crippen molar-refractivity contribution in [3.8, 4) is 0 Å². The van der Waals surface area contributed by atoms with Gasteiger partial charge in [-0.2, -0.15) is 11.8 Å². The molecular formula is C15H25NS. The van der Waals surface area contributed by atoms with E-state index >= 15 is 0 Å². The molecule has 1 aromatic carbocycles. The largest absolute Gasteiger partial charge is 0.325 e. The van der Waals surface area contributed by atoms with Crippen LogP contribution in [0, 0.1) is 0 Å². The first-order valence-electron chi connectivity index (χ1n) is 6.14. The fourth-order valence-electron chi connectivity index (χ4n) is 1.53. The highest BCUT2D eigenvalue weighted by atomic mass is 32.2. The highest BCUT2D eigenvalue weighted by Crippen LogP contribution is 2.23. The molecule has 0 unspecified atom stereocenters. The van der Waals surface area contributed by atoms with Crippen LogP contribution in [0.3, 0.4) is 0 Å². The third-order valence-electron chi connectivity index (χ3n) is 2.56. The van der Waals surface area contributed by atoms with Crippen LogP contribution in [0.2, 0.25) is 0 Å². The first-order chi connectivity index (χ1) is 7.68. The van der Waals surface area contributed by atoms with Gasteiger partial charge in [0.15, 0.2) is 0 Å². The number of hydrogen-bond donors (Lipinski definition) is 1. The van der Waals surface area contributed by atoms with Crippen LogP contribution in [-0.4, -0.2) is 11.3 Å². The Kier molecular flexibility index (Phi) is 4.68. The second-order valence-corrected chi connectivity index (χ2v) is 7.41. The Balaban J connectivity index is 2.52. The van der Waals surface area contributed by atoms with Crippen LogP contribution < -0.4 is 5.73 Å². The van der Waals surface area contributed by atoms with Crippen molar-refractivity contribution in [2.45, 2.75) is 51.3 Å². The second kappa shape index (κ2) is 5.45. The van der Waals surface area contributed by atoms with Crippen molar-refractivity contribution in [3.63, 3.8) is 0 Å². The second-order valence-electron chi connectivity index (χ2n) is 6.43. The molecule has 0 aliphatic heterocycles. The monoisotopic (exact) mass is 251 g/mol. The van der Waals surface area contributed by atoms with Crippen LogP contribution in [-0.2, 0) is 11.2 Å². The lowest BCUT2D eigenvalue weighted by Gasteiger charge is -2.20. The van der Waals surface area contributed by atoms with Crippen LogP contribution in [0.4, 0.5) is 0 Å². The van der Waals surface area contributed by atoms with Gasteiger partial charge in [-0.05, 0) is 30.4 Å². The van der Waals surface area contributed by atoms with E-state index in [1.54, 1.807) is 0 Å². The molecule has 2 heteroatoms. The smallest absolute Gasteiger partial charge is 0.0188 e. The number of thioether (sulfide) groups is 1. The van der Waals surface area contributed by atoms with Crippen molar-refractivity contribution in [2.24, 2.45) is 5.73 Å². The van der Waals surface area contributed by atoms with E-state index in [9.17, 15) is 0 Å². The van der Waals surface area contributed by atoms with E-state index in [1.807, 2.05) is 11.8 Å². The van der Waals surface area contributed by atoms with Crippen molar-refractivity contribution in [3.05, 3.63) is 35.4 Å². The van der Waals surface area contributed by atoms with E-state index < -0.39 is 0 Å². The lowest BCUT2D eigenvalue weighted by Crippen LogP contribution is -2.34. The molecule has 0 saturated heterocycles. The van der Waals surface area contributed by atoms with Gasteiger partial charge >= 0.3 is 0 Å². The van der Waals surface area contributed by atoms with Gasteiger partial charge in [-0.1, -0.05) is 45.0 Å². The molecule has 2 N–H and O–H groups in total. The van der Waals surface area contributed by atoms with E-state index in [2.05, 4.69) is 58.9 Å². The van der Waals surface area contributed by atoms with Gasteiger partial charge in [0.1, 0.15) is 0 Å². The average Bonchev–Trinajstić information content (AvgIpc) is 2.15. The third kappa shape index (κ3) is 5.60. The van der Waals surface area contributed by atoms with Gasteiger partial charge in [-0.25, -0.2) is 0 Å². The molecule has 0 atom stereocenters. The lowest BCUT2D eigenvalue weighted by atomic mass is 9.87. The van der Waals surface area contributed by atoms with Crippen molar-refractivity contribution in [2.75, 3.05) is 5.75 Å². The summed E-state index contributed by atoms with van der Waals surface area (Å²) in [6.45, 7) is 10.9. The fourth-order valence-corrected chi connectivity index (χ4v) is 2.59. The molecule has 0 aliphatic carbocycles. The predicted octanol–water partition coefficient (Wildman–Crippen LogP) is 3.95. The zero-order valence-corrected chi connectivity index (χ0v) is 12.5. The van der Waals surface area contributed by atoms with Gasteiger partial charge in [0.05, 0.1) is 0 Å². The molecule has 0 radical (unpaired) electrons. The summed E-state index contributed by atoms with van der Waals surface area (Å²) < 4.78 is 0. The quantitative estimate of drug-likeness (QED) is 0.876. The molecule has 0 aromatic heterocycles. The molecule has 0 spiro atoms. The Morgan fingerprint density at radius 1 is 1.00 bits per heavy atom. The normalized spacial score (nSPS) is 12.8. The van der Waals surface area contributed by atoms with Crippen molar-refractivity contribution < 1.29 is 0 Å². The van der Waals surface area contributed by atoms with E-state index in [0.29, 0.717) is 0 Å². The van der Waals surface area contributed by atoms with Gasteiger partial charge in [0.25, 0.3) is 0 Å². The number of rotatable bonds is 4. The molecule has 0 fully saturated rings. The zero-order chi connectivity index (χ0) is 13.1. The maximum Gasteiger partial charge on any atom is 0.0188 e. The Morgan fingerprint density at radius 2 is 1.53 bits per heavy atom. The highest BCUT2D eigenvalue weighted by molar-refractivity contribution is 7.98. The fraction of sp³-hybridized carbons (Fsp3) is 0.600. The topological polar surface area (TPSA) is 26.0 Å². The molecule has 0 aliphatic rings. The first-order valence-corrected chi connectivity index (χ1v) is 7.30. The lowest BCUT2D eigenvalue weighted by molar-refractivity contribution is 0.590. The zero-order valence-electron chi connectivity index (χ0n) is 11.7. The maximum absolute atomic E-state index is 5.96. The Hall–Kier alpha value is -0.470. The molecule has 1 rings (SSSR count). The summed E-state index contributed by atoms with van der Waals surface area (Å²) in [7, 11) is 0. The molecule has 0 saturated carbocycles. The third-order valence-corrected chi connectivity index (χ3v) is 4.05. The molecule has 96 valence electrons. The summed E-state index contributed by atoms with van der Waals surface area (Å²) in [5, 5.41) is 0. The Labute approximate surface area is 110 Å². The van der Waals surface area contributed by atoms with Crippen molar-refractivity contribution >= 4 is 11.8 Å². The van der Waals surface area contributed by atoms with Gasteiger partial charge in [-0.15, -0.1) is 0 Å². The summed E-state index contributed by atoms with van der Waals surface area (Å²) >= 11 is 1.90. The van der Waals surface area contributed by atoms with Gasteiger partial charge < -0.3 is 5.73 Å². The van der Waals surface area contributed by atoms with E-state index in [4.69, 9.17) is 5.73 Å². The van der Waals surface area contributed by atoms with Crippen molar-refractivity contribution in [1.82, 2.24) is 0 Å². The van der Waals surface area contributed by atoms with Crippen LogP contribution in [0.1, 0.15) is 45.7 Å². The minimum atomic E-state index is -0.0734. The number of nitrogens with two attached hydrogens (primary N) is 1. The molecular weight excluding hydrogens is 226 g/mol. The molecule has 1 nitrogen and oxygen atoms in total. The van der Waals surface area contributed by atoms with E-state index in [0.717, 1.165) is 11.5 Å². The summed E-state index contributed by atoms with van der Waals surface area (Å²) in [6.07, 6.45) is 0. The van der Waals surface area contributed by atoms with Crippen LogP contribution >= 0.6 is 11.8 Å². The van der Waals surface area contributed by atoms with E-state index in [-0.39, 0.29) is 11.0 Å². The van der Waals surface area contributed by atoms with Crippen LogP contribution in [0.5, 0.6) is 0 Å². The Bertz CT molecular complexity index is 341. The molecule has 0 heterocycles. The minimum Gasteiger partial charge on any atom is -0.325 e. The standard InChI is InChI=1S/C15H25NS/c1-14(2,3)13-8-6-12(7-9-13)10-17-11-15(4,5)16/h6-9H,10-11,16H2,1-5H3. The summed E-state index contributed by atoms with van der Waals surface area (Å²) in [5.74, 6) is 2.04. The van der Waals surface area contributed by atoms with Crippen LogP contribution in [0.25, 0.3) is 0 Å². The van der Waals surface area contributed by atoms with Gasteiger partial charge in [0.2, 0.25) is 0 Å². The maximum atomic E-state index is 5.96. The van der Waals surface area contributed by atoms with Gasteiger partial charge in [-0.3, -0.25) is 0 Å². The molecule has 0 amide bonds. The summed E-state index contributed by atoms with van der Waals surface area (Å²) in [4.78, 5) is 0. The first kappa shape index (κ1) is 14.6. The van der Waals surface area contributed by atoms with Crippen LogP contribution in [0.15, 0.2) is 24.3 Å². The number of benzene rings is 1. The predicted molar refractivity (Wildman–Crippen MR) is 79.6 cm³/mol. The summed E-state index contributed by atoms with van der Waals surface area (Å²) in [5.41, 5.74) is 8.90. The van der Waals surface area contributed by atoms with Gasteiger partial charge in [0, 0.05) is 17.0 Å². The Morgan fingerprint density at radius 3 is 1.94 bits per heavy atom. The summed E-state index contributed by atoms with van der Waals surface area (Å²) in [6, 6.07) is 8.95. The molecule has 0 bridgehead atoms. The van der Waals surface area contributed by atoms with Crippen molar-refractivity contribution in [1.29, 1.82) is 0 Å². The average molecular weight is 251 g/mol. The molecule has 1 aromatic rings. The van der Waals surface area contributed by atoms with E-state index in [1.165, 1.54) is 11.1 Å². The SMILES string of the molecule is CC(C)(N)CSCc1ccc(C(C)(C)C)cc1.